The Bertz CT molecular complexity index is 369. The molecule has 0 unspecified atom stereocenters. The quantitative estimate of drug-likeness (QED) is 0.622. The lowest BCUT2D eigenvalue weighted by atomic mass is 9.34. The third-order valence-corrected chi connectivity index (χ3v) is 5.71. The maximum atomic E-state index is 6.36. The molecule has 3 fully saturated rings. The van der Waals surface area contributed by atoms with Crippen molar-refractivity contribution < 1.29 is 4.65 Å². The summed E-state index contributed by atoms with van der Waals surface area (Å²) in [4.78, 5) is 0. The molecule has 0 N–H and O–H groups in total. The Hall–Kier alpha value is -0.495. The van der Waals surface area contributed by atoms with Gasteiger partial charge in [-0.3, -0.25) is 0 Å². The first kappa shape index (κ1) is 10.4. The lowest BCUT2D eigenvalue weighted by Gasteiger charge is -2.49. The highest BCUT2D eigenvalue weighted by Crippen LogP contribution is 2.63. The van der Waals surface area contributed by atoms with Crippen LogP contribution in [0.1, 0.15) is 32.6 Å². The minimum Gasteiger partial charge on any atom is -0.433 e. The molecule has 2 heteroatoms. The highest BCUT2D eigenvalue weighted by Gasteiger charge is 2.62. The van der Waals surface area contributed by atoms with E-state index in [0.717, 1.165) is 29.4 Å². The molecule has 0 bridgehead atoms. The number of hydrogen-bond acceptors (Lipinski definition) is 1. The topological polar surface area (TPSA) is 9.23 Å². The number of hydrogen-bond donors (Lipinski definition) is 0. The molecular weight excluding hydrogens is 207 g/mol. The second-order valence-corrected chi connectivity index (χ2v) is 6.43. The highest BCUT2D eigenvalue weighted by atomic mass is 16.5. The van der Waals surface area contributed by atoms with E-state index in [9.17, 15) is 0 Å². The first-order valence-corrected chi connectivity index (χ1v) is 7.37. The summed E-state index contributed by atoms with van der Waals surface area (Å²) in [5.41, 5.74) is 0. The number of rotatable bonds is 1. The van der Waals surface area contributed by atoms with Crippen LogP contribution < -0.4 is 0 Å². The first-order valence-electron chi connectivity index (χ1n) is 7.37. The average Bonchev–Trinajstić information content (AvgIpc) is 2.90. The van der Waals surface area contributed by atoms with Crippen LogP contribution in [0.25, 0.3) is 0 Å². The summed E-state index contributed by atoms with van der Waals surface area (Å²) in [5.74, 6) is 4.09. The van der Waals surface area contributed by atoms with E-state index in [1.54, 1.807) is 0 Å². The number of allylic oxidation sites excluding steroid dienone is 4. The number of fused-ring (bicyclic) bond motifs is 4. The molecule has 17 heavy (non-hydrogen) atoms. The van der Waals surface area contributed by atoms with E-state index in [0.29, 0.717) is 13.0 Å². The largest absolute Gasteiger partial charge is 0.433 e. The average molecular weight is 228 g/mol. The second-order valence-electron chi connectivity index (χ2n) is 6.43. The zero-order chi connectivity index (χ0) is 11.4. The molecule has 0 spiro atoms. The monoisotopic (exact) mass is 228 g/mol. The fraction of sp³-hybridized carbons (Fsp3) is 0.733. The van der Waals surface area contributed by atoms with E-state index in [1.165, 1.54) is 25.7 Å². The van der Waals surface area contributed by atoms with Gasteiger partial charge in [0.25, 0.3) is 0 Å². The molecule has 0 aromatic heterocycles. The predicted octanol–water partition coefficient (Wildman–Crippen LogP) is 3.70. The molecule has 0 aromatic rings. The molecule has 5 atom stereocenters. The van der Waals surface area contributed by atoms with Crippen molar-refractivity contribution in [3.63, 3.8) is 0 Å². The first-order chi connectivity index (χ1) is 8.36. The zero-order valence-electron chi connectivity index (χ0n) is 10.6. The Morgan fingerprint density at radius 1 is 1.06 bits per heavy atom. The molecule has 0 aromatic carbocycles. The Kier molecular flexibility index (Phi) is 2.30. The molecule has 2 saturated carbocycles. The van der Waals surface area contributed by atoms with Crippen molar-refractivity contribution in [1.29, 1.82) is 0 Å². The third-order valence-electron chi connectivity index (χ3n) is 5.71. The molecule has 1 heterocycles. The predicted molar refractivity (Wildman–Crippen MR) is 71.0 cm³/mol. The van der Waals surface area contributed by atoms with Gasteiger partial charge in [-0.05, 0) is 36.3 Å². The van der Waals surface area contributed by atoms with Crippen molar-refractivity contribution in [2.24, 2.45) is 17.8 Å². The second kappa shape index (κ2) is 3.75. The molecule has 1 saturated heterocycles. The Morgan fingerprint density at radius 3 is 2.53 bits per heavy atom. The van der Waals surface area contributed by atoms with Crippen LogP contribution in [0.15, 0.2) is 24.3 Å². The molecule has 90 valence electrons. The van der Waals surface area contributed by atoms with Crippen LogP contribution in [0.3, 0.4) is 0 Å². The summed E-state index contributed by atoms with van der Waals surface area (Å²) < 4.78 is 6.36. The molecule has 0 amide bonds. The summed E-state index contributed by atoms with van der Waals surface area (Å²) in [6, 6.07) is 0. The van der Waals surface area contributed by atoms with Gasteiger partial charge in [0, 0.05) is 6.10 Å². The molecule has 4 rings (SSSR count). The van der Waals surface area contributed by atoms with E-state index in [4.69, 9.17) is 4.65 Å². The molecular formula is C15H21BO. The third kappa shape index (κ3) is 1.37. The summed E-state index contributed by atoms with van der Waals surface area (Å²) in [7, 11) is 0. The van der Waals surface area contributed by atoms with Gasteiger partial charge < -0.3 is 4.65 Å². The lowest BCUT2D eigenvalue weighted by molar-refractivity contribution is 0.0860. The minimum absolute atomic E-state index is 0.489. The Labute approximate surface area is 104 Å². The summed E-state index contributed by atoms with van der Waals surface area (Å²) in [6.07, 6.45) is 15.5. The minimum atomic E-state index is 0.489. The Morgan fingerprint density at radius 2 is 1.76 bits per heavy atom. The highest BCUT2D eigenvalue weighted by molar-refractivity contribution is 6.57. The van der Waals surface area contributed by atoms with Crippen LogP contribution in [0, 0.1) is 17.8 Å². The van der Waals surface area contributed by atoms with Crippen LogP contribution in [-0.4, -0.2) is 13.0 Å². The fourth-order valence-electron chi connectivity index (χ4n) is 4.98. The van der Waals surface area contributed by atoms with Gasteiger partial charge in [0.1, 0.15) is 0 Å². The lowest BCUT2D eigenvalue weighted by Crippen LogP contribution is -2.46. The van der Waals surface area contributed by atoms with Crippen molar-refractivity contribution in [2.45, 2.75) is 50.3 Å². The van der Waals surface area contributed by atoms with E-state index in [1.807, 2.05) is 0 Å². The van der Waals surface area contributed by atoms with Crippen LogP contribution in [0.5, 0.6) is 0 Å². The van der Waals surface area contributed by atoms with Gasteiger partial charge in [-0.2, -0.15) is 0 Å². The molecule has 4 aliphatic rings. The standard InChI is InChI=1S/C15H21BO/c1-10-14-12-8-4-5-9-13(12)15(14)16(17-10)11-6-2-3-7-11/h4-5,8-15H,2-3,6-7H2,1H3/t10-,12+,13-,14+,15-/m1/s1. The maximum absolute atomic E-state index is 6.36. The van der Waals surface area contributed by atoms with E-state index in [2.05, 4.69) is 31.2 Å². The van der Waals surface area contributed by atoms with E-state index < -0.39 is 0 Å². The van der Waals surface area contributed by atoms with Gasteiger partial charge in [-0.15, -0.1) is 0 Å². The smallest absolute Gasteiger partial charge is 0.300 e. The molecule has 1 nitrogen and oxygen atoms in total. The Balaban J connectivity index is 1.59. The maximum Gasteiger partial charge on any atom is 0.300 e. The van der Waals surface area contributed by atoms with Gasteiger partial charge >= 0.3 is 6.92 Å². The van der Waals surface area contributed by atoms with Crippen LogP contribution in [0.4, 0.5) is 0 Å². The van der Waals surface area contributed by atoms with Crippen LogP contribution in [0.2, 0.25) is 11.6 Å². The van der Waals surface area contributed by atoms with Crippen LogP contribution in [-0.2, 0) is 4.65 Å². The van der Waals surface area contributed by atoms with Gasteiger partial charge in [0.15, 0.2) is 0 Å². The van der Waals surface area contributed by atoms with Crippen LogP contribution >= 0.6 is 0 Å². The molecule has 3 aliphatic carbocycles. The molecule has 1 aliphatic heterocycles. The van der Waals surface area contributed by atoms with Crippen molar-refractivity contribution in [2.75, 3.05) is 0 Å². The van der Waals surface area contributed by atoms with E-state index >= 15 is 0 Å². The fourth-order valence-corrected chi connectivity index (χ4v) is 4.98. The van der Waals surface area contributed by atoms with Crippen molar-refractivity contribution in [1.82, 2.24) is 0 Å². The summed E-state index contributed by atoms with van der Waals surface area (Å²) in [6.45, 7) is 2.88. The van der Waals surface area contributed by atoms with Crippen molar-refractivity contribution in [3.8, 4) is 0 Å². The van der Waals surface area contributed by atoms with E-state index in [-0.39, 0.29) is 0 Å². The molecule has 0 radical (unpaired) electrons. The normalized spacial score (nSPS) is 48.1. The van der Waals surface area contributed by atoms with Crippen molar-refractivity contribution in [3.05, 3.63) is 24.3 Å². The summed E-state index contributed by atoms with van der Waals surface area (Å²) in [5, 5.41) is 0. The van der Waals surface area contributed by atoms with Gasteiger partial charge in [-0.25, -0.2) is 0 Å². The van der Waals surface area contributed by atoms with Crippen molar-refractivity contribution >= 4 is 6.92 Å². The summed E-state index contributed by atoms with van der Waals surface area (Å²) >= 11 is 0. The zero-order valence-corrected chi connectivity index (χ0v) is 10.6. The van der Waals surface area contributed by atoms with Gasteiger partial charge in [-0.1, -0.05) is 50.0 Å². The van der Waals surface area contributed by atoms with Gasteiger partial charge in [0.05, 0.1) is 0 Å². The van der Waals surface area contributed by atoms with Gasteiger partial charge in [0.2, 0.25) is 0 Å². The SMILES string of the molecule is C[C@H]1OB(C2CCCC2)[C@@H]2[C@@H]3C=CC=C[C@@H]3[C@@H]21.